The Kier molecular flexibility index (Phi) is 7.52. The van der Waals surface area contributed by atoms with Gasteiger partial charge in [0.1, 0.15) is 0 Å². The van der Waals surface area contributed by atoms with E-state index in [1.807, 2.05) is 0 Å². The number of rotatable bonds is 9. The third-order valence-electron chi connectivity index (χ3n) is 4.64. The monoisotopic (exact) mass is 500 g/mol. The van der Waals surface area contributed by atoms with Crippen LogP contribution in [0.25, 0.3) is 0 Å². The topological polar surface area (TPSA) is 20.2 Å². The van der Waals surface area contributed by atoms with Crippen LogP contribution >= 0.6 is 0 Å². The van der Waals surface area contributed by atoms with Crippen molar-refractivity contribution in [2.75, 3.05) is 0 Å². The van der Waals surface area contributed by atoms with Gasteiger partial charge in [0.25, 0.3) is 0 Å². The Hall–Kier alpha value is -1.80. The first-order chi connectivity index (χ1) is 14.1. The summed E-state index contributed by atoms with van der Waals surface area (Å²) in [6.07, 6.45) is -19.6. The number of hydrogen-bond acceptors (Lipinski definition) is 1. The lowest BCUT2D eigenvalue weighted by Gasteiger charge is -2.46. The molecule has 1 aromatic carbocycles. The zero-order chi connectivity index (χ0) is 25.4. The molecule has 0 atom stereocenters. The van der Waals surface area contributed by atoms with Crippen LogP contribution in [0.1, 0.15) is 24.8 Å². The van der Waals surface area contributed by atoms with Gasteiger partial charge in [-0.15, -0.1) is 0 Å². The molecule has 15 heteroatoms. The number of aryl methyl sites for hydroxylation is 1. The van der Waals surface area contributed by atoms with E-state index in [0.717, 1.165) is 0 Å². The van der Waals surface area contributed by atoms with Crippen molar-refractivity contribution in [3.05, 3.63) is 35.9 Å². The number of unbranched alkanes of at least 4 members (excludes halogenated alkanes) is 1. The van der Waals surface area contributed by atoms with E-state index in [2.05, 4.69) is 0 Å². The van der Waals surface area contributed by atoms with Crippen LogP contribution in [0.5, 0.6) is 0 Å². The Morgan fingerprint density at radius 2 is 0.906 bits per heavy atom. The molecule has 0 radical (unpaired) electrons. The van der Waals surface area contributed by atoms with Crippen LogP contribution in [0.3, 0.4) is 0 Å². The van der Waals surface area contributed by atoms with Crippen LogP contribution in [-0.2, 0) is 6.42 Å². The molecule has 0 fully saturated rings. The van der Waals surface area contributed by atoms with Crippen molar-refractivity contribution in [3.63, 3.8) is 0 Å². The highest BCUT2D eigenvalue weighted by molar-refractivity contribution is 5.17. The molecule has 0 bridgehead atoms. The Labute approximate surface area is 171 Å². The molecule has 32 heavy (non-hydrogen) atoms. The van der Waals surface area contributed by atoms with E-state index >= 15 is 0 Å². The van der Waals surface area contributed by atoms with E-state index in [-0.39, 0.29) is 6.42 Å². The maximum atomic E-state index is 14.0. The number of halogens is 14. The number of alkyl halides is 14. The first-order valence-corrected chi connectivity index (χ1v) is 8.49. The van der Waals surface area contributed by atoms with Gasteiger partial charge in [-0.05, 0) is 31.2 Å². The minimum Gasteiger partial charge on any atom is -0.378 e. The molecule has 0 aliphatic rings. The zero-order valence-electron chi connectivity index (χ0n) is 15.5. The smallest absolute Gasteiger partial charge is 0.378 e. The highest BCUT2D eigenvalue weighted by Crippen LogP contribution is 2.61. The lowest BCUT2D eigenvalue weighted by molar-refractivity contribution is -0.450. The molecule has 1 aromatic rings. The minimum absolute atomic E-state index is 0.237. The average Bonchev–Trinajstić information content (AvgIpc) is 2.63. The van der Waals surface area contributed by atoms with Crippen LogP contribution in [0.4, 0.5) is 61.5 Å². The van der Waals surface area contributed by atoms with Crippen LogP contribution in [0.15, 0.2) is 30.3 Å². The Balaban J connectivity index is 3.46. The van der Waals surface area contributed by atoms with Crippen molar-refractivity contribution >= 4 is 0 Å². The second-order valence-corrected chi connectivity index (χ2v) is 6.85. The summed E-state index contributed by atoms with van der Waals surface area (Å²) in [4.78, 5) is 0. The minimum atomic E-state index is -7.58. The fraction of sp³-hybridized carbons (Fsp3) is 0.647. The van der Waals surface area contributed by atoms with E-state index in [4.69, 9.17) is 0 Å². The highest BCUT2D eigenvalue weighted by Gasteiger charge is 2.90. The predicted octanol–water partition coefficient (Wildman–Crippen LogP) is 6.80. The summed E-state index contributed by atoms with van der Waals surface area (Å²) in [5.41, 5.74) is -6.08. The lowest BCUT2D eigenvalue weighted by atomic mass is 9.77. The van der Waals surface area contributed by atoms with Gasteiger partial charge in [-0.2, -0.15) is 61.5 Å². The Bertz CT molecular complexity index is 713. The molecule has 0 saturated carbocycles. The molecule has 0 aromatic heterocycles. The number of benzene rings is 1. The van der Waals surface area contributed by atoms with E-state index < -0.39 is 60.9 Å². The highest BCUT2D eigenvalue weighted by atomic mass is 19.4. The van der Waals surface area contributed by atoms with Gasteiger partial charge in [0.05, 0.1) is 0 Å². The summed E-state index contributed by atoms with van der Waals surface area (Å²) >= 11 is 0. The second kappa shape index (κ2) is 8.52. The van der Waals surface area contributed by atoms with Gasteiger partial charge < -0.3 is 5.11 Å². The second-order valence-electron chi connectivity index (χ2n) is 6.85. The fourth-order valence-corrected chi connectivity index (χ4v) is 2.74. The molecule has 0 saturated heterocycles. The molecular formula is C17H14F14O. The summed E-state index contributed by atoms with van der Waals surface area (Å²) in [6, 6.07) is 7.13. The first-order valence-electron chi connectivity index (χ1n) is 8.49. The molecule has 0 heterocycles. The summed E-state index contributed by atoms with van der Waals surface area (Å²) in [5, 5.41) is 9.50. The molecule has 186 valence electrons. The van der Waals surface area contributed by atoms with E-state index in [1.165, 1.54) is 30.3 Å². The van der Waals surface area contributed by atoms with Crippen molar-refractivity contribution in [2.24, 2.45) is 0 Å². The lowest BCUT2D eigenvalue weighted by Crippen LogP contribution is -2.75. The van der Waals surface area contributed by atoms with Crippen LogP contribution in [0, 0.1) is 0 Å². The Morgan fingerprint density at radius 3 is 1.25 bits per heavy atom. The van der Waals surface area contributed by atoms with Crippen LogP contribution in [0.2, 0.25) is 0 Å². The molecule has 0 unspecified atom stereocenters. The van der Waals surface area contributed by atoms with Gasteiger partial charge in [0, 0.05) is 0 Å². The van der Waals surface area contributed by atoms with E-state index in [1.54, 1.807) is 0 Å². The van der Waals surface area contributed by atoms with E-state index in [0.29, 0.717) is 5.56 Å². The van der Waals surface area contributed by atoms with Gasteiger partial charge in [-0.25, -0.2) is 0 Å². The third-order valence-corrected chi connectivity index (χ3v) is 4.64. The van der Waals surface area contributed by atoms with Gasteiger partial charge in [0.15, 0.2) is 0 Å². The molecule has 0 aliphatic heterocycles. The first kappa shape index (κ1) is 28.2. The van der Waals surface area contributed by atoms with Crippen LogP contribution in [-0.4, -0.2) is 46.8 Å². The molecule has 1 rings (SSSR count). The van der Waals surface area contributed by atoms with Gasteiger partial charge in [0.2, 0.25) is 5.60 Å². The van der Waals surface area contributed by atoms with Gasteiger partial charge in [-0.3, -0.25) is 0 Å². The summed E-state index contributed by atoms with van der Waals surface area (Å²) in [5.74, 6) is -30.1. The SMILES string of the molecule is OC(CCCCc1ccccc1)(C(F)(F)C(F)(F)C(F)(F)F)C(F)(F)C(F)(F)C(F)(F)F. The predicted molar refractivity (Wildman–Crippen MR) is 80.8 cm³/mol. The van der Waals surface area contributed by atoms with Gasteiger partial charge in [-0.1, -0.05) is 30.3 Å². The quantitative estimate of drug-likeness (QED) is 0.292. The molecule has 0 spiro atoms. The molecule has 0 amide bonds. The van der Waals surface area contributed by atoms with Crippen molar-refractivity contribution in [3.8, 4) is 0 Å². The summed E-state index contributed by atoms with van der Waals surface area (Å²) < 4.78 is 184. The maximum Gasteiger partial charge on any atom is 0.459 e. The third kappa shape index (κ3) is 4.49. The zero-order valence-corrected chi connectivity index (χ0v) is 15.5. The van der Waals surface area contributed by atoms with Gasteiger partial charge >= 0.3 is 36.0 Å². The molecule has 0 aliphatic carbocycles. The Morgan fingerprint density at radius 1 is 0.531 bits per heavy atom. The van der Waals surface area contributed by atoms with Crippen molar-refractivity contribution in [1.29, 1.82) is 0 Å². The van der Waals surface area contributed by atoms with Crippen molar-refractivity contribution < 1.29 is 66.6 Å². The molecular weight excluding hydrogens is 486 g/mol. The average molecular weight is 500 g/mol. The van der Waals surface area contributed by atoms with Crippen molar-refractivity contribution in [1.82, 2.24) is 0 Å². The largest absolute Gasteiger partial charge is 0.459 e. The normalized spacial score (nSPS) is 15.2. The molecule has 1 nitrogen and oxygen atoms in total. The summed E-state index contributed by atoms with van der Waals surface area (Å²) in [6.45, 7) is 0. The number of hydrogen-bond donors (Lipinski definition) is 1. The standard InChI is InChI=1S/C17H14F14O/c18-12(19,14(22,23)16(26,27)28)11(32,13(20,21)15(24,25)17(29,30)31)9-5-4-8-10-6-2-1-3-7-10/h1-3,6-7,32H,4-5,8-9H2. The number of aliphatic hydroxyl groups is 1. The van der Waals surface area contributed by atoms with Crippen LogP contribution < -0.4 is 0 Å². The fourth-order valence-electron chi connectivity index (χ4n) is 2.74. The van der Waals surface area contributed by atoms with E-state index in [9.17, 15) is 66.6 Å². The van der Waals surface area contributed by atoms with Crippen molar-refractivity contribution in [2.45, 2.75) is 67.3 Å². The summed E-state index contributed by atoms with van der Waals surface area (Å²) in [7, 11) is 0. The maximum absolute atomic E-state index is 14.0. The molecule has 1 N–H and O–H groups in total.